The van der Waals surface area contributed by atoms with E-state index in [9.17, 15) is 0 Å². The second kappa shape index (κ2) is 7.10. The van der Waals surface area contributed by atoms with Gasteiger partial charge in [-0.3, -0.25) is 4.68 Å². The normalized spacial score (nSPS) is 12.9. The molecule has 0 bridgehead atoms. The molecule has 1 unspecified atom stereocenters. The number of halogens is 1. The van der Waals surface area contributed by atoms with E-state index in [-0.39, 0.29) is 0 Å². The maximum Gasteiger partial charge on any atom is 0.0694 e. The van der Waals surface area contributed by atoms with E-state index < -0.39 is 0 Å². The summed E-state index contributed by atoms with van der Waals surface area (Å²) in [5.41, 5.74) is 3.64. The Morgan fingerprint density at radius 1 is 1.19 bits per heavy atom. The zero-order valence-electron chi connectivity index (χ0n) is 13.2. The van der Waals surface area contributed by atoms with Crippen LogP contribution < -0.4 is 5.32 Å². The molecule has 0 amide bonds. The SMILES string of the molecule is CC(Cc1ccccc1Cl)NCc1cn(C)nc1C(C)C. The van der Waals surface area contributed by atoms with Crippen LogP contribution in [0.1, 0.15) is 43.5 Å². The molecule has 2 rings (SSSR count). The fraction of sp³-hybridized carbons (Fsp3) is 0.471. The predicted octanol–water partition coefficient (Wildman–Crippen LogP) is 3.92. The molecular formula is C17H24ClN3. The van der Waals surface area contributed by atoms with E-state index in [1.807, 2.05) is 29.9 Å². The van der Waals surface area contributed by atoms with Crippen LogP contribution in [0.25, 0.3) is 0 Å². The Morgan fingerprint density at radius 2 is 1.90 bits per heavy atom. The minimum absolute atomic E-state index is 0.366. The summed E-state index contributed by atoms with van der Waals surface area (Å²) in [4.78, 5) is 0. The van der Waals surface area contributed by atoms with Gasteiger partial charge in [-0.1, -0.05) is 43.6 Å². The minimum atomic E-state index is 0.366. The molecule has 1 atom stereocenters. The van der Waals surface area contributed by atoms with Crippen molar-refractivity contribution in [2.75, 3.05) is 0 Å². The Balaban J connectivity index is 1.95. The van der Waals surface area contributed by atoms with Gasteiger partial charge in [-0.25, -0.2) is 0 Å². The fourth-order valence-electron chi connectivity index (χ4n) is 2.53. The summed E-state index contributed by atoms with van der Waals surface area (Å²) in [5, 5.41) is 8.96. The maximum atomic E-state index is 6.21. The zero-order chi connectivity index (χ0) is 15.4. The molecule has 4 heteroatoms. The molecule has 0 spiro atoms. The van der Waals surface area contributed by atoms with Crippen molar-refractivity contribution in [1.82, 2.24) is 15.1 Å². The number of nitrogens with one attached hydrogen (secondary N) is 1. The van der Waals surface area contributed by atoms with E-state index >= 15 is 0 Å². The lowest BCUT2D eigenvalue weighted by molar-refractivity contribution is 0.542. The fourth-order valence-corrected chi connectivity index (χ4v) is 2.74. The summed E-state index contributed by atoms with van der Waals surface area (Å²) in [6, 6.07) is 8.40. The van der Waals surface area contributed by atoms with Crippen molar-refractivity contribution < 1.29 is 0 Å². The summed E-state index contributed by atoms with van der Waals surface area (Å²) < 4.78 is 1.89. The highest BCUT2D eigenvalue weighted by Crippen LogP contribution is 2.19. The van der Waals surface area contributed by atoms with E-state index in [1.54, 1.807) is 0 Å². The Hall–Kier alpha value is -1.32. The van der Waals surface area contributed by atoms with Crippen LogP contribution in [0.3, 0.4) is 0 Å². The first-order valence-corrected chi connectivity index (χ1v) is 7.84. The Bertz CT molecular complexity index is 589. The first-order chi connectivity index (χ1) is 9.97. The highest BCUT2D eigenvalue weighted by atomic mass is 35.5. The number of nitrogens with zero attached hydrogens (tertiary/aromatic N) is 2. The van der Waals surface area contributed by atoms with Crippen LogP contribution in [-0.2, 0) is 20.0 Å². The zero-order valence-corrected chi connectivity index (χ0v) is 14.0. The molecule has 0 aliphatic heterocycles. The second-order valence-corrected chi connectivity index (χ2v) is 6.35. The van der Waals surface area contributed by atoms with Crippen LogP contribution in [0.5, 0.6) is 0 Å². The molecular weight excluding hydrogens is 282 g/mol. The number of benzene rings is 1. The van der Waals surface area contributed by atoms with Crippen molar-refractivity contribution in [3.8, 4) is 0 Å². The molecule has 0 aliphatic carbocycles. The molecule has 1 aromatic carbocycles. The Labute approximate surface area is 132 Å². The number of aromatic nitrogens is 2. The number of aryl methyl sites for hydroxylation is 1. The topological polar surface area (TPSA) is 29.9 Å². The van der Waals surface area contributed by atoms with E-state index in [0.29, 0.717) is 12.0 Å². The Morgan fingerprint density at radius 3 is 2.57 bits per heavy atom. The third-order valence-corrected chi connectivity index (χ3v) is 3.98. The maximum absolute atomic E-state index is 6.21. The monoisotopic (exact) mass is 305 g/mol. The van der Waals surface area contributed by atoms with Crippen LogP contribution >= 0.6 is 11.6 Å². The molecule has 21 heavy (non-hydrogen) atoms. The molecule has 1 aromatic heterocycles. The summed E-state index contributed by atoms with van der Waals surface area (Å²) in [6.07, 6.45) is 3.03. The third-order valence-electron chi connectivity index (χ3n) is 3.61. The molecule has 0 saturated heterocycles. The van der Waals surface area contributed by atoms with E-state index in [1.165, 1.54) is 16.8 Å². The van der Waals surface area contributed by atoms with Gasteiger partial charge in [-0.15, -0.1) is 0 Å². The van der Waals surface area contributed by atoms with Crippen LogP contribution in [0.15, 0.2) is 30.5 Å². The van der Waals surface area contributed by atoms with Gasteiger partial charge in [0.2, 0.25) is 0 Å². The largest absolute Gasteiger partial charge is 0.310 e. The van der Waals surface area contributed by atoms with Crippen LogP contribution in [0.2, 0.25) is 5.02 Å². The molecule has 1 heterocycles. The van der Waals surface area contributed by atoms with Gasteiger partial charge in [0.05, 0.1) is 5.69 Å². The number of rotatable bonds is 6. The summed E-state index contributed by atoms with van der Waals surface area (Å²) in [6.45, 7) is 7.39. The lowest BCUT2D eigenvalue weighted by Gasteiger charge is -2.15. The number of hydrogen-bond acceptors (Lipinski definition) is 2. The molecule has 3 nitrogen and oxygen atoms in total. The van der Waals surface area contributed by atoms with Crippen LogP contribution in [-0.4, -0.2) is 15.8 Å². The molecule has 0 aliphatic rings. The van der Waals surface area contributed by atoms with E-state index in [2.05, 4.69) is 43.4 Å². The van der Waals surface area contributed by atoms with Crippen molar-refractivity contribution in [3.05, 3.63) is 52.3 Å². The smallest absolute Gasteiger partial charge is 0.0694 e. The average molecular weight is 306 g/mol. The quantitative estimate of drug-likeness (QED) is 0.876. The highest BCUT2D eigenvalue weighted by Gasteiger charge is 2.12. The van der Waals surface area contributed by atoms with E-state index in [4.69, 9.17) is 11.6 Å². The lowest BCUT2D eigenvalue weighted by atomic mass is 10.0. The summed E-state index contributed by atoms with van der Waals surface area (Å²) in [5.74, 6) is 0.446. The van der Waals surface area contributed by atoms with Gasteiger partial charge in [0.15, 0.2) is 0 Å². The van der Waals surface area contributed by atoms with Gasteiger partial charge in [0.25, 0.3) is 0 Å². The van der Waals surface area contributed by atoms with Crippen LogP contribution in [0, 0.1) is 0 Å². The molecule has 114 valence electrons. The van der Waals surface area contributed by atoms with E-state index in [0.717, 1.165) is 18.0 Å². The van der Waals surface area contributed by atoms with Crippen molar-refractivity contribution in [3.63, 3.8) is 0 Å². The van der Waals surface area contributed by atoms with Gasteiger partial charge in [0, 0.05) is 36.4 Å². The van der Waals surface area contributed by atoms with Gasteiger partial charge in [-0.2, -0.15) is 5.10 Å². The predicted molar refractivity (Wildman–Crippen MR) is 88.8 cm³/mol. The standard InChI is InChI=1S/C17H24ClN3/c1-12(2)17-15(11-21(4)20-17)10-19-13(3)9-14-7-5-6-8-16(14)18/h5-8,11-13,19H,9-10H2,1-4H3. The molecule has 1 N–H and O–H groups in total. The second-order valence-electron chi connectivity index (χ2n) is 5.95. The Kier molecular flexibility index (Phi) is 5.43. The molecule has 2 aromatic rings. The third kappa shape index (κ3) is 4.32. The molecule has 0 saturated carbocycles. The van der Waals surface area contributed by atoms with Gasteiger partial charge < -0.3 is 5.32 Å². The van der Waals surface area contributed by atoms with Crippen molar-refractivity contribution in [2.45, 2.75) is 45.7 Å². The van der Waals surface area contributed by atoms with Crippen molar-refractivity contribution in [2.24, 2.45) is 7.05 Å². The lowest BCUT2D eigenvalue weighted by Crippen LogP contribution is -2.28. The minimum Gasteiger partial charge on any atom is -0.310 e. The van der Waals surface area contributed by atoms with Crippen LogP contribution in [0.4, 0.5) is 0 Å². The van der Waals surface area contributed by atoms with Crippen molar-refractivity contribution >= 4 is 11.6 Å². The highest BCUT2D eigenvalue weighted by molar-refractivity contribution is 6.31. The first-order valence-electron chi connectivity index (χ1n) is 7.46. The van der Waals surface area contributed by atoms with Gasteiger partial charge in [0.1, 0.15) is 0 Å². The molecule has 0 radical (unpaired) electrons. The van der Waals surface area contributed by atoms with Gasteiger partial charge >= 0.3 is 0 Å². The summed E-state index contributed by atoms with van der Waals surface area (Å²) in [7, 11) is 1.97. The first kappa shape index (κ1) is 16.1. The average Bonchev–Trinajstić information content (AvgIpc) is 2.80. The van der Waals surface area contributed by atoms with Gasteiger partial charge in [-0.05, 0) is 30.9 Å². The molecule has 0 fully saturated rings. The van der Waals surface area contributed by atoms with Crippen molar-refractivity contribution in [1.29, 1.82) is 0 Å². The number of hydrogen-bond donors (Lipinski definition) is 1. The summed E-state index contributed by atoms with van der Waals surface area (Å²) >= 11 is 6.21.